The van der Waals surface area contributed by atoms with E-state index < -0.39 is 0 Å². The first-order chi connectivity index (χ1) is 15.5. The van der Waals surface area contributed by atoms with Gasteiger partial charge in [-0.2, -0.15) is 6.41 Å². The number of likely N-dealkylation sites (tertiary alicyclic amines) is 1. The van der Waals surface area contributed by atoms with Crippen molar-refractivity contribution in [3.8, 4) is 0 Å². The number of primary amides is 1. The van der Waals surface area contributed by atoms with Crippen LogP contribution >= 0.6 is 0 Å². The first kappa shape index (κ1) is 27.6. The van der Waals surface area contributed by atoms with E-state index >= 15 is 0 Å². The predicted octanol–water partition coefficient (Wildman–Crippen LogP) is 2.21. The smallest absolute Gasteiger partial charge is 0.240 e. The molecule has 3 amide bonds. The minimum absolute atomic E-state index is 0. The molecule has 190 valence electrons. The van der Waals surface area contributed by atoms with Crippen LogP contribution in [0.5, 0.6) is 0 Å². The minimum Gasteiger partial charge on any atom is -0.526 e. The maximum atomic E-state index is 12.5. The minimum atomic E-state index is -0.373. The maximum absolute atomic E-state index is 12.5. The fourth-order valence-corrected chi connectivity index (χ4v) is 5.09. The van der Waals surface area contributed by atoms with Gasteiger partial charge in [-0.05, 0) is 68.9 Å². The molecule has 2 aliphatic carbocycles. The topological polar surface area (TPSA) is 119 Å². The number of nitrogens with two attached hydrogens (primary N) is 2. The predicted molar refractivity (Wildman–Crippen MR) is 126 cm³/mol. The Balaban J connectivity index is 0.000000326. The fourth-order valence-electron chi connectivity index (χ4n) is 5.09. The molecule has 8 heteroatoms. The van der Waals surface area contributed by atoms with Gasteiger partial charge in [0.05, 0.1) is 6.04 Å². The van der Waals surface area contributed by atoms with E-state index in [1.165, 1.54) is 44.9 Å². The van der Waals surface area contributed by atoms with Gasteiger partial charge in [0.25, 0.3) is 0 Å². The second-order valence-electron chi connectivity index (χ2n) is 9.05. The second kappa shape index (κ2) is 14.6. The van der Waals surface area contributed by atoms with Crippen LogP contribution in [0.2, 0.25) is 0 Å². The summed E-state index contributed by atoms with van der Waals surface area (Å²) in [5.41, 5.74) is 13.5. The van der Waals surface area contributed by atoms with Crippen molar-refractivity contribution >= 4 is 18.7 Å². The van der Waals surface area contributed by atoms with Crippen molar-refractivity contribution in [2.75, 3.05) is 6.54 Å². The summed E-state index contributed by atoms with van der Waals surface area (Å²) in [6.45, 7) is 2.58. The molecule has 2 fully saturated rings. The summed E-state index contributed by atoms with van der Waals surface area (Å²) in [4.78, 5) is 33.3. The zero-order valence-corrected chi connectivity index (χ0v) is 22.0. The number of amides is 3. The van der Waals surface area contributed by atoms with Crippen LogP contribution < -0.4 is 16.8 Å². The molecule has 1 aromatic carbocycles. The number of hydrogen-bond acceptors (Lipinski definition) is 4. The summed E-state index contributed by atoms with van der Waals surface area (Å²) in [7, 11) is 0. The second-order valence-corrected chi connectivity index (χ2v) is 9.05. The van der Waals surface area contributed by atoms with Crippen LogP contribution in [0.4, 0.5) is 0 Å². The number of carbonyl (C=O) groups excluding carboxylic acids is 3. The molecule has 1 aromatic rings. The Hall–Kier alpha value is -3.41. The number of rotatable bonds is 4. The standard InChI is InChI=1S/C14H24N3O2.C10H12.CH3NO.Fm/c1-10-7-12(16-9-18)8-17(10)14(19)13(15)11-5-3-2-4-6-11;1-2-6-10-8-4-3-7-9(10)5-1;2-1-3;/h10-13H,2-8,15H2,1H3,(H,16,18);1-2,5-6H,3-4,7-8H2;1H,(H2,2,3);/q-1;;;. The molecule has 5 N–H and O–H groups in total. The number of hydrogen-bond donors (Lipinski definition) is 3. The van der Waals surface area contributed by atoms with E-state index in [2.05, 4.69) is 35.3 Å². The third kappa shape index (κ3) is 8.22. The molecule has 0 spiro atoms. The summed E-state index contributed by atoms with van der Waals surface area (Å²) < 4.78 is 0. The van der Waals surface area contributed by atoms with E-state index in [1.807, 2.05) is 11.8 Å². The van der Waals surface area contributed by atoms with Gasteiger partial charge >= 0.3 is 0 Å². The number of aryl methyl sites for hydroxylation is 2. The van der Waals surface area contributed by atoms with Crippen molar-refractivity contribution in [3.05, 3.63) is 35.4 Å². The molecule has 33 heavy (non-hydrogen) atoms. The molecule has 7 nitrogen and oxygen atoms in total. The van der Waals surface area contributed by atoms with Crippen LogP contribution in [0, 0.1) is 5.92 Å². The van der Waals surface area contributed by atoms with Crippen LogP contribution in [-0.2, 0) is 27.2 Å². The summed E-state index contributed by atoms with van der Waals surface area (Å²) in [5.74, 6) is 0.382. The van der Waals surface area contributed by atoms with E-state index in [0.29, 0.717) is 12.5 Å². The summed E-state index contributed by atoms with van der Waals surface area (Å²) >= 11 is 0. The molecule has 0 bridgehead atoms. The van der Waals surface area contributed by atoms with Gasteiger partial charge in [0.2, 0.25) is 12.3 Å². The summed E-state index contributed by atoms with van der Waals surface area (Å²) in [6, 6.07) is 8.60. The Bertz CT molecular complexity index is 702. The molecule has 1 saturated heterocycles. The van der Waals surface area contributed by atoms with Crippen LogP contribution in [0.1, 0.15) is 69.4 Å². The van der Waals surface area contributed by atoms with Crippen LogP contribution in [-0.4, -0.2) is 48.3 Å². The van der Waals surface area contributed by atoms with Gasteiger partial charge in [-0.25, -0.2) is 0 Å². The van der Waals surface area contributed by atoms with Gasteiger partial charge in [-0.15, -0.1) is 0 Å². The molecule has 4 rings (SSSR count). The molecule has 1 saturated carbocycles. The third-order valence-corrected chi connectivity index (χ3v) is 6.82. The van der Waals surface area contributed by atoms with Crippen molar-refractivity contribution in [1.82, 2.24) is 10.2 Å². The SMILES string of the molecule is CC1CC(N[C-]=O)CN1C(=O)C(N)C1CCCCC1.NC=O.[Fm].c1ccc2c(c1)CCCC2. The molecule has 3 aliphatic rings. The van der Waals surface area contributed by atoms with Gasteiger partial charge in [0.1, 0.15) is 0 Å². The van der Waals surface area contributed by atoms with Crippen LogP contribution in [0.3, 0.4) is 0 Å². The number of benzene rings is 1. The summed E-state index contributed by atoms with van der Waals surface area (Å²) in [6.07, 6.45) is 13.9. The average Bonchev–Trinajstić information content (AvgIpc) is 3.20. The molecule has 0 aromatic heterocycles. The van der Waals surface area contributed by atoms with Gasteiger partial charge in [-0.1, -0.05) is 43.5 Å². The zero-order valence-electron chi connectivity index (χ0n) is 19.6. The van der Waals surface area contributed by atoms with E-state index in [0.717, 1.165) is 19.3 Å². The Labute approximate surface area is 192 Å². The number of carbonyl (C=O) groups is 2. The van der Waals surface area contributed by atoms with Crippen LogP contribution in [0.25, 0.3) is 0 Å². The third-order valence-electron chi connectivity index (χ3n) is 6.82. The van der Waals surface area contributed by atoms with Gasteiger partial charge < -0.3 is 26.5 Å². The number of fused-ring (bicyclic) bond motifs is 1. The largest absolute Gasteiger partial charge is 0.526 e. The van der Waals surface area contributed by atoms with Crippen LogP contribution in [0.15, 0.2) is 24.3 Å². The molecule has 1 aliphatic heterocycles. The van der Waals surface area contributed by atoms with E-state index in [1.54, 1.807) is 17.5 Å². The van der Waals surface area contributed by atoms with E-state index in [9.17, 15) is 9.59 Å². The van der Waals surface area contributed by atoms with Crippen molar-refractivity contribution < 1.29 is 14.4 Å². The fraction of sp³-hybridized carbons (Fsp3) is 0.640. The number of nitrogens with zero attached hydrogens (tertiary/aromatic N) is 1. The molecular formula is C25H39FmN4O3-. The Morgan fingerprint density at radius 3 is 2.18 bits per heavy atom. The number of nitrogens with one attached hydrogen (secondary N) is 1. The van der Waals surface area contributed by atoms with E-state index in [-0.39, 0.29) is 30.4 Å². The molecule has 3 unspecified atom stereocenters. The zero-order chi connectivity index (χ0) is 23.3. The van der Waals surface area contributed by atoms with E-state index in [4.69, 9.17) is 10.5 Å². The van der Waals surface area contributed by atoms with Crippen molar-refractivity contribution in [1.29, 1.82) is 0 Å². The average molecular weight is 701 g/mol. The molecule has 1 heterocycles. The Kier molecular flexibility index (Phi) is 12.2. The van der Waals surface area contributed by atoms with Crippen molar-refractivity contribution in [2.45, 2.75) is 89.3 Å². The molecule has 3 atom stereocenters. The first-order valence-corrected chi connectivity index (χ1v) is 11.9. The monoisotopic (exact) mass is 700 g/mol. The van der Waals surface area contributed by atoms with Gasteiger partial charge in [0, 0.05) is 18.6 Å². The molecular weight excluding hydrogens is 661 g/mol. The molecule has 0 radical (unpaired) electrons. The van der Waals surface area contributed by atoms with Crippen molar-refractivity contribution in [3.63, 3.8) is 0 Å². The quantitative estimate of drug-likeness (QED) is 0.254. The maximum Gasteiger partial charge on any atom is 0.240 e. The normalized spacial score (nSPS) is 22.7. The van der Waals surface area contributed by atoms with Gasteiger partial charge in [-0.3, -0.25) is 9.59 Å². The van der Waals surface area contributed by atoms with Crippen molar-refractivity contribution in [2.24, 2.45) is 17.4 Å². The van der Waals surface area contributed by atoms with Gasteiger partial charge in [0.15, 0.2) is 0 Å². The first-order valence-electron chi connectivity index (χ1n) is 11.9. The Morgan fingerprint density at radius 2 is 1.67 bits per heavy atom. The summed E-state index contributed by atoms with van der Waals surface area (Å²) in [5, 5.41) is 2.64. The Morgan fingerprint density at radius 1 is 1.12 bits per heavy atom.